The number of amides is 3. The van der Waals surface area contributed by atoms with Gasteiger partial charge >= 0.3 is 6.03 Å². The molecule has 2 aromatic rings. The third-order valence-electron chi connectivity index (χ3n) is 3.45. The van der Waals surface area contributed by atoms with Crippen molar-refractivity contribution in [3.8, 4) is 0 Å². The number of hydrogen-bond acceptors (Lipinski definition) is 4. The summed E-state index contributed by atoms with van der Waals surface area (Å²) in [4.78, 5) is 28.0. The molecule has 0 saturated carbocycles. The van der Waals surface area contributed by atoms with Crippen molar-refractivity contribution in [2.45, 2.75) is 12.1 Å². The first-order chi connectivity index (χ1) is 11.5. The maximum Gasteiger partial charge on any atom is 0.319 e. The number of carbonyl (C=O) groups excluding carboxylic acids is 2. The van der Waals surface area contributed by atoms with Crippen molar-refractivity contribution >= 4 is 29.4 Å². The predicted molar refractivity (Wildman–Crippen MR) is 95.5 cm³/mol. The van der Waals surface area contributed by atoms with E-state index in [9.17, 15) is 9.59 Å². The summed E-state index contributed by atoms with van der Waals surface area (Å²) in [6.45, 7) is 2.31. The summed E-state index contributed by atoms with van der Waals surface area (Å²) in [5.74, 6) is 0.540. The van der Waals surface area contributed by atoms with Crippen LogP contribution in [0.1, 0.15) is 15.9 Å². The Bertz CT molecular complexity index is 729. The molecule has 128 valence electrons. The predicted octanol–water partition coefficient (Wildman–Crippen LogP) is 2.00. The van der Waals surface area contributed by atoms with Crippen molar-refractivity contribution < 1.29 is 9.59 Å². The second-order valence-corrected chi connectivity index (χ2v) is 6.17. The van der Waals surface area contributed by atoms with Gasteiger partial charge in [-0.25, -0.2) is 9.78 Å². The van der Waals surface area contributed by atoms with E-state index in [1.165, 1.54) is 0 Å². The first kappa shape index (κ1) is 17.9. The van der Waals surface area contributed by atoms with Gasteiger partial charge in [0, 0.05) is 50.0 Å². The molecule has 3 amide bonds. The third kappa shape index (κ3) is 4.51. The number of thioether (sulfide) groups is 1. The molecule has 8 heteroatoms. The Hall–Kier alpha value is -2.48. The Morgan fingerprint density at radius 2 is 2.12 bits per heavy atom. The molecule has 0 bridgehead atoms. The summed E-state index contributed by atoms with van der Waals surface area (Å²) in [5, 5.41) is 9.06. The molecular weight excluding hydrogens is 326 g/mol. The highest BCUT2D eigenvalue weighted by atomic mass is 32.2. The van der Waals surface area contributed by atoms with E-state index in [0.29, 0.717) is 17.8 Å². The molecule has 0 unspecified atom stereocenters. The Morgan fingerprint density at radius 1 is 1.33 bits per heavy atom. The highest BCUT2D eigenvalue weighted by molar-refractivity contribution is 7.99. The zero-order valence-corrected chi connectivity index (χ0v) is 14.7. The van der Waals surface area contributed by atoms with Gasteiger partial charge in [0.1, 0.15) is 0 Å². The molecule has 0 aliphatic rings. The number of benzene rings is 1. The fourth-order valence-corrected chi connectivity index (χ4v) is 2.90. The van der Waals surface area contributed by atoms with E-state index in [1.54, 1.807) is 50.1 Å². The summed E-state index contributed by atoms with van der Waals surface area (Å²) >= 11 is 1.57. The Labute approximate surface area is 145 Å². The quantitative estimate of drug-likeness (QED) is 0.551. The molecule has 1 aromatic carbocycles. The van der Waals surface area contributed by atoms with Crippen molar-refractivity contribution in [1.82, 2.24) is 20.2 Å². The molecule has 1 aromatic heterocycles. The SMILES string of the molecule is CNC(=O)c1cccc(NC(=O)NCCSc2nccn2C)c1C. The van der Waals surface area contributed by atoms with Gasteiger partial charge in [0.25, 0.3) is 5.91 Å². The average Bonchev–Trinajstić information content (AvgIpc) is 2.98. The van der Waals surface area contributed by atoms with E-state index >= 15 is 0 Å². The first-order valence-corrected chi connectivity index (χ1v) is 8.48. The van der Waals surface area contributed by atoms with Crippen molar-refractivity contribution in [3.05, 3.63) is 41.7 Å². The molecule has 0 saturated heterocycles. The molecule has 24 heavy (non-hydrogen) atoms. The van der Waals surface area contributed by atoms with Crippen LogP contribution in [0.2, 0.25) is 0 Å². The van der Waals surface area contributed by atoms with E-state index in [2.05, 4.69) is 20.9 Å². The molecule has 0 aliphatic carbocycles. The van der Waals surface area contributed by atoms with Gasteiger partial charge in [-0.15, -0.1) is 0 Å². The van der Waals surface area contributed by atoms with Gasteiger partial charge in [-0.2, -0.15) is 0 Å². The number of anilines is 1. The molecule has 0 atom stereocenters. The van der Waals surface area contributed by atoms with E-state index in [4.69, 9.17) is 0 Å². The summed E-state index contributed by atoms with van der Waals surface area (Å²) in [5.41, 5.74) is 1.89. The lowest BCUT2D eigenvalue weighted by Crippen LogP contribution is -2.31. The van der Waals surface area contributed by atoms with Crippen LogP contribution in [0.4, 0.5) is 10.5 Å². The lowest BCUT2D eigenvalue weighted by Gasteiger charge is -2.12. The van der Waals surface area contributed by atoms with Crippen LogP contribution in [0.3, 0.4) is 0 Å². The van der Waals surface area contributed by atoms with Gasteiger partial charge in [0.05, 0.1) is 0 Å². The standard InChI is InChI=1S/C16H21N5O2S/c1-11-12(14(22)17-2)5-4-6-13(11)20-15(23)18-8-10-24-16-19-7-9-21(16)3/h4-7,9H,8,10H2,1-3H3,(H,17,22)(H2,18,20,23). The van der Waals surface area contributed by atoms with Crippen LogP contribution in [0, 0.1) is 6.92 Å². The summed E-state index contributed by atoms with van der Waals surface area (Å²) in [6, 6.07) is 4.93. The Morgan fingerprint density at radius 3 is 2.79 bits per heavy atom. The molecule has 0 aliphatic heterocycles. The molecule has 0 radical (unpaired) electrons. The maximum atomic E-state index is 12.0. The molecule has 3 N–H and O–H groups in total. The van der Waals surface area contributed by atoms with Crippen LogP contribution in [0.5, 0.6) is 0 Å². The Kier molecular flexibility index (Phi) is 6.25. The van der Waals surface area contributed by atoms with E-state index in [-0.39, 0.29) is 11.9 Å². The normalized spacial score (nSPS) is 10.3. The number of imidazole rings is 1. The van der Waals surface area contributed by atoms with Gasteiger partial charge in [-0.1, -0.05) is 17.8 Å². The average molecular weight is 347 g/mol. The minimum Gasteiger partial charge on any atom is -0.355 e. The summed E-state index contributed by atoms with van der Waals surface area (Å²) in [7, 11) is 3.51. The fourth-order valence-electron chi connectivity index (χ4n) is 2.12. The Balaban J connectivity index is 1.84. The number of hydrogen-bond donors (Lipinski definition) is 3. The van der Waals surface area contributed by atoms with Crippen molar-refractivity contribution in [2.24, 2.45) is 7.05 Å². The highest BCUT2D eigenvalue weighted by Crippen LogP contribution is 2.19. The van der Waals surface area contributed by atoms with Crippen molar-refractivity contribution in [1.29, 1.82) is 0 Å². The van der Waals surface area contributed by atoms with Crippen molar-refractivity contribution in [2.75, 3.05) is 24.7 Å². The monoisotopic (exact) mass is 347 g/mol. The van der Waals surface area contributed by atoms with Crippen LogP contribution < -0.4 is 16.0 Å². The molecule has 1 heterocycles. The number of aryl methyl sites for hydroxylation is 1. The topological polar surface area (TPSA) is 88.1 Å². The largest absolute Gasteiger partial charge is 0.355 e. The highest BCUT2D eigenvalue weighted by Gasteiger charge is 2.11. The number of rotatable bonds is 6. The first-order valence-electron chi connectivity index (χ1n) is 7.49. The maximum absolute atomic E-state index is 12.0. The number of nitrogens with one attached hydrogen (secondary N) is 3. The van der Waals surface area contributed by atoms with E-state index in [1.807, 2.05) is 17.8 Å². The minimum atomic E-state index is -0.299. The molecule has 2 rings (SSSR count). The van der Waals surface area contributed by atoms with Gasteiger partial charge in [0.2, 0.25) is 0 Å². The van der Waals surface area contributed by atoms with Crippen LogP contribution in [0.15, 0.2) is 35.7 Å². The smallest absolute Gasteiger partial charge is 0.319 e. The van der Waals surface area contributed by atoms with Crippen LogP contribution in [0.25, 0.3) is 0 Å². The second-order valence-electron chi connectivity index (χ2n) is 5.11. The minimum absolute atomic E-state index is 0.178. The zero-order chi connectivity index (χ0) is 17.5. The number of nitrogens with zero attached hydrogens (tertiary/aromatic N) is 2. The van der Waals surface area contributed by atoms with Crippen LogP contribution in [-0.2, 0) is 7.05 Å². The van der Waals surface area contributed by atoms with Crippen LogP contribution >= 0.6 is 11.8 Å². The number of urea groups is 1. The lowest BCUT2D eigenvalue weighted by molar-refractivity contribution is 0.0962. The molecule has 7 nitrogen and oxygen atoms in total. The van der Waals surface area contributed by atoms with E-state index < -0.39 is 0 Å². The van der Waals surface area contributed by atoms with Gasteiger partial charge in [0.15, 0.2) is 5.16 Å². The van der Waals surface area contributed by atoms with Crippen LogP contribution in [-0.4, -0.2) is 40.8 Å². The van der Waals surface area contributed by atoms with Crippen molar-refractivity contribution in [3.63, 3.8) is 0 Å². The molecular formula is C16H21N5O2S. The molecule has 0 fully saturated rings. The number of carbonyl (C=O) groups is 2. The van der Waals surface area contributed by atoms with E-state index in [0.717, 1.165) is 16.5 Å². The molecule has 0 spiro atoms. The fraction of sp³-hybridized carbons (Fsp3) is 0.312. The lowest BCUT2D eigenvalue weighted by atomic mass is 10.1. The number of aromatic nitrogens is 2. The summed E-state index contributed by atoms with van der Waals surface area (Å²) < 4.78 is 1.93. The second kappa shape index (κ2) is 8.39. The summed E-state index contributed by atoms with van der Waals surface area (Å²) in [6.07, 6.45) is 3.62. The van der Waals surface area contributed by atoms with Gasteiger partial charge in [-0.3, -0.25) is 4.79 Å². The van der Waals surface area contributed by atoms with Gasteiger partial charge < -0.3 is 20.5 Å². The zero-order valence-electron chi connectivity index (χ0n) is 13.9. The third-order valence-corrected chi connectivity index (χ3v) is 4.51. The van der Waals surface area contributed by atoms with Gasteiger partial charge in [-0.05, 0) is 24.6 Å².